The molecule has 0 atom stereocenters. The van der Waals surface area contributed by atoms with Gasteiger partial charge in [0.2, 0.25) is 0 Å². The molecule has 86 valence electrons. The normalized spacial score (nSPS) is 16.5. The van der Waals surface area contributed by atoms with Crippen LogP contribution in [0, 0.1) is 0 Å². The van der Waals surface area contributed by atoms with Crippen molar-refractivity contribution in [3.63, 3.8) is 0 Å². The molecule has 0 unspecified atom stereocenters. The molecule has 1 aromatic rings. The van der Waals surface area contributed by atoms with E-state index in [1.54, 1.807) is 11.3 Å². The first kappa shape index (κ1) is 11.6. The fraction of sp³-hybridized carbons (Fsp3) is 0.462. The number of ketones is 1. The van der Waals surface area contributed by atoms with Crippen LogP contribution in [-0.4, -0.2) is 30.3 Å². The number of rotatable bonds is 5. The summed E-state index contributed by atoms with van der Waals surface area (Å²) in [6.45, 7) is 3.23. The standard InChI is InChI=1S/C13H17NOS/c15-12(13-7-5-11-16-13)6-4-10-14-8-2-1-3-9-14/h1-2,5,7,11H,3-4,6,8-10H2. The largest absolute Gasteiger partial charge is 0.299 e. The van der Waals surface area contributed by atoms with E-state index in [0.29, 0.717) is 12.2 Å². The molecule has 0 spiro atoms. The lowest BCUT2D eigenvalue weighted by molar-refractivity contribution is 0.0979. The number of hydrogen-bond acceptors (Lipinski definition) is 3. The quantitative estimate of drug-likeness (QED) is 0.577. The number of hydrogen-bond donors (Lipinski definition) is 0. The van der Waals surface area contributed by atoms with Gasteiger partial charge in [0.1, 0.15) is 0 Å². The maximum absolute atomic E-state index is 11.7. The maximum atomic E-state index is 11.7. The zero-order valence-electron chi connectivity index (χ0n) is 9.39. The molecule has 1 aliphatic rings. The molecule has 3 heteroatoms. The van der Waals surface area contributed by atoms with E-state index in [9.17, 15) is 4.79 Å². The van der Waals surface area contributed by atoms with Crippen LogP contribution in [0.3, 0.4) is 0 Å². The first-order chi connectivity index (χ1) is 7.86. The molecule has 0 fully saturated rings. The summed E-state index contributed by atoms with van der Waals surface area (Å²) in [6.07, 6.45) is 7.25. The highest BCUT2D eigenvalue weighted by Gasteiger charge is 2.09. The van der Waals surface area contributed by atoms with Crippen molar-refractivity contribution in [2.75, 3.05) is 19.6 Å². The number of carbonyl (C=O) groups is 1. The van der Waals surface area contributed by atoms with Crippen molar-refractivity contribution in [2.24, 2.45) is 0 Å². The average Bonchev–Trinajstić information content (AvgIpc) is 2.84. The van der Waals surface area contributed by atoms with E-state index in [1.165, 1.54) is 0 Å². The molecule has 1 aliphatic heterocycles. The molecule has 0 bridgehead atoms. The summed E-state index contributed by atoms with van der Waals surface area (Å²) in [4.78, 5) is 15.0. The second-order valence-electron chi connectivity index (χ2n) is 4.06. The molecule has 0 aliphatic carbocycles. The van der Waals surface area contributed by atoms with Gasteiger partial charge in [0.25, 0.3) is 0 Å². The van der Waals surface area contributed by atoms with Gasteiger partial charge in [-0.1, -0.05) is 18.2 Å². The van der Waals surface area contributed by atoms with Crippen LogP contribution < -0.4 is 0 Å². The average molecular weight is 235 g/mol. The van der Waals surface area contributed by atoms with Gasteiger partial charge in [-0.05, 0) is 30.8 Å². The van der Waals surface area contributed by atoms with E-state index >= 15 is 0 Å². The lowest BCUT2D eigenvalue weighted by Crippen LogP contribution is -2.28. The third kappa shape index (κ3) is 3.29. The maximum Gasteiger partial charge on any atom is 0.172 e. The van der Waals surface area contributed by atoms with E-state index in [0.717, 1.165) is 37.4 Å². The summed E-state index contributed by atoms with van der Waals surface area (Å²) < 4.78 is 0. The summed E-state index contributed by atoms with van der Waals surface area (Å²) in [5, 5.41) is 1.96. The minimum Gasteiger partial charge on any atom is -0.299 e. The number of nitrogens with zero attached hydrogens (tertiary/aromatic N) is 1. The molecule has 1 aromatic heterocycles. The molecule has 0 aromatic carbocycles. The molecule has 0 saturated heterocycles. The van der Waals surface area contributed by atoms with Gasteiger partial charge in [-0.25, -0.2) is 0 Å². The zero-order chi connectivity index (χ0) is 11.2. The van der Waals surface area contributed by atoms with Gasteiger partial charge in [-0.2, -0.15) is 0 Å². The van der Waals surface area contributed by atoms with Crippen LogP contribution in [0.2, 0.25) is 0 Å². The van der Waals surface area contributed by atoms with E-state index in [2.05, 4.69) is 17.1 Å². The Morgan fingerprint density at radius 2 is 2.38 bits per heavy atom. The van der Waals surface area contributed by atoms with Crippen LogP contribution >= 0.6 is 11.3 Å². The predicted molar refractivity (Wildman–Crippen MR) is 68.1 cm³/mol. The molecular formula is C13H17NOS. The fourth-order valence-electron chi connectivity index (χ4n) is 1.92. The van der Waals surface area contributed by atoms with Crippen LogP contribution in [-0.2, 0) is 0 Å². The molecule has 0 amide bonds. The summed E-state index contributed by atoms with van der Waals surface area (Å²) in [5.41, 5.74) is 0. The lowest BCUT2D eigenvalue weighted by atomic mass is 10.1. The van der Waals surface area contributed by atoms with Crippen LogP contribution in [0.5, 0.6) is 0 Å². The van der Waals surface area contributed by atoms with Gasteiger partial charge in [0.15, 0.2) is 5.78 Å². The third-order valence-corrected chi connectivity index (χ3v) is 3.73. The van der Waals surface area contributed by atoms with Crippen LogP contribution in [0.1, 0.15) is 28.9 Å². The predicted octanol–water partition coefficient (Wildman–Crippen LogP) is 2.97. The van der Waals surface area contributed by atoms with E-state index in [1.807, 2.05) is 17.5 Å². The SMILES string of the molecule is O=C(CCCN1CC=CCC1)c1cccs1. The molecule has 0 N–H and O–H groups in total. The Labute approximate surface area is 101 Å². The Bertz CT molecular complexity index is 356. The lowest BCUT2D eigenvalue weighted by Gasteiger charge is -2.22. The first-order valence-corrected chi connectivity index (χ1v) is 6.68. The van der Waals surface area contributed by atoms with Gasteiger partial charge in [0.05, 0.1) is 4.88 Å². The highest BCUT2D eigenvalue weighted by Crippen LogP contribution is 2.12. The van der Waals surface area contributed by atoms with Crippen LogP contribution in [0.15, 0.2) is 29.7 Å². The highest BCUT2D eigenvalue weighted by atomic mass is 32.1. The van der Waals surface area contributed by atoms with Gasteiger partial charge < -0.3 is 0 Å². The van der Waals surface area contributed by atoms with E-state index in [-0.39, 0.29) is 0 Å². The summed E-state index contributed by atoms with van der Waals surface area (Å²) in [7, 11) is 0. The Balaban J connectivity index is 1.68. The van der Waals surface area contributed by atoms with Gasteiger partial charge in [0, 0.05) is 19.5 Å². The molecular weight excluding hydrogens is 218 g/mol. The fourth-order valence-corrected chi connectivity index (χ4v) is 2.61. The summed E-state index contributed by atoms with van der Waals surface area (Å²) in [6, 6.07) is 3.85. The van der Waals surface area contributed by atoms with Crippen molar-refractivity contribution in [3.8, 4) is 0 Å². The minimum absolute atomic E-state index is 0.294. The molecule has 2 nitrogen and oxygen atoms in total. The Morgan fingerprint density at radius 3 is 3.06 bits per heavy atom. The number of thiophene rings is 1. The van der Waals surface area contributed by atoms with E-state index < -0.39 is 0 Å². The molecule has 0 saturated carbocycles. The van der Waals surface area contributed by atoms with Crippen molar-refractivity contribution < 1.29 is 4.79 Å². The molecule has 16 heavy (non-hydrogen) atoms. The first-order valence-electron chi connectivity index (χ1n) is 5.80. The second kappa shape index (κ2) is 5.97. The monoisotopic (exact) mass is 235 g/mol. The Hall–Kier alpha value is -0.930. The van der Waals surface area contributed by atoms with Gasteiger partial charge in [-0.3, -0.25) is 9.69 Å². The topological polar surface area (TPSA) is 20.3 Å². The Kier molecular flexibility index (Phi) is 4.31. The molecule has 0 radical (unpaired) electrons. The van der Waals surface area contributed by atoms with Crippen molar-refractivity contribution in [1.82, 2.24) is 4.90 Å². The number of carbonyl (C=O) groups excluding carboxylic acids is 1. The van der Waals surface area contributed by atoms with Crippen molar-refractivity contribution in [1.29, 1.82) is 0 Å². The highest BCUT2D eigenvalue weighted by molar-refractivity contribution is 7.12. The smallest absolute Gasteiger partial charge is 0.172 e. The van der Waals surface area contributed by atoms with Gasteiger partial charge in [-0.15, -0.1) is 11.3 Å². The summed E-state index contributed by atoms with van der Waals surface area (Å²) >= 11 is 1.54. The minimum atomic E-state index is 0.294. The summed E-state index contributed by atoms with van der Waals surface area (Å²) in [5.74, 6) is 0.294. The number of Topliss-reactive ketones (excluding diaryl/α,β-unsaturated/α-hetero) is 1. The Morgan fingerprint density at radius 1 is 1.44 bits per heavy atom. The van der Waals surface area contributed by atoms with Crippen molar-refractivity contribution in [2.45, 2.75) is 19.3 Å². The van der Waals surface area contributed by atoms with Crippen molar-refractivity contribution in [3.05, 3.63) is 34.5 Å². The van der Waals surface area contributed by atoms with E-state index in [4.69, 9.17) is 0 Å². The molecule has 2 heterocycles. The van der Waals surface area contributed by atoms with Crippen LogP contribution in [0.4, 0.5) is 0 Å². The third-order valence-electron chi connectivity index (χ3n) is 2.82. The van der Waals surface area contributed by atoms with Gasteiger partial charge >= 0.3 is 0 Å². The second-order valence-corrected chi connectivity index (χ2v) is 5.01. The van der Waals surface area contributed by atoms with Crippen molar-refractivity contribution >= 4 is 17.1 Å². The van der Waals surface area contributed by atoms with Crippen LogP contribution in [0.25, 0.3) is 0 Å². The zero-order valence-corrected chi connectivity index (χ0v) is 10.2. The molecule has 2 rings (SSSR count).